The minimum Gasteiger partial charge on any atom is -0.497 e. The fraction of sp³-hybridized carbons (Fsp3) is 0.400. The van der Waals surface area contributed by atoms with Gasteiger partial charge < -0.3 is 30.3 Å². The molecule has 2 aromatic carbocycles. The smallest absolute Gasteiger partial charge is 0.119 e. The zero-order valence-electron chi connectivity index (χ0n) is 15.1. The Morgan fingerprint density at radius 2 is 1.08 bits per heavy atom. The van der Waals surface area contributed by atoms with E-state index in [4.69, 9.17) is 9.47 Å². The second-order valence-corrected chi connectivity index (χ2v) is 6.56. The summed E-state index contributed by atoms with van der Waals surface area (Å²) in [5.74, 6) is 1.57. The van der Waals surface area contributed by atoms with Crippen molar-refractivity contribution in [1.82, 2.24) is 0 Å². The van der Waals surface area contributed by atoms with Gasteiger partial charge in [-0.3, -0.25) is 0 Å². The van der Waals surface area contributed by atoms with Crippen LogP contribution in [0.4, 0.5) is 11.4 Å². The molecule has 4 N–H and O–H groups in total. The molecule has 3 rings (SSSR count). The molecule has 0 saturated heterocycles. The van der Waals surface area contributed by atoms with Crippen LogP contribution in [0.2, 0.25) is 0 Å². The minimum atomic E-state index is -0.610. The number of aliphatic hydroxyl groups is 2. The highest BCUT2D eigenvalue weighted by atomic mass is 16.5. The van der Waals surface area contributed by atoms with Gasteiger partial charge in [0, 0.05) is 17.8 Å². The van der Waals surface area contributed by atoms with E-state index >= 15 is 0 Å². The van der Waals surface area contributed by atoms with Crippen molar-refractivity contribution in [1.29, 1.82) is 0 Å². The van der Waals surface area contributed by atoms with Crippen LogP contribution in [0.25, 0.3) is 0 Å². The van der Waals surface area contributed by atoms with Gasteiger partial charge >= 0.3 is 0 Å². The van der Waals surface area contributed by atoms with Crippen LogP contribution in [0, 0.1) is 0 Å². The first kappa shape index (κ1) is 18.4. The molecule has 6 heteroatoms. The average Bonchev–Trinajstić information content (AvgIpc) is 2.66. The molecule has 0 unspecified atom stereocenters. The van der Waals surface area contributed by atoms with E-state index in [-0.39, 0.29) is 12.1 Å². The molecule has 0 aromatic heterocycles. The monoisotopic (exact) mass is 358 g/mol. The maximum absolute atomic E-state index is 10.4. The molecule has 1 fully saturated rings. The van der Waals surface area contributed by atoms with E-state index in [1.807, 2.05) is 48.5 Å². The molecule has 0 heterocycles. The Hall–Kier alpha value is -2.44. The van der Waals surface area contributed by atoms with Gasteiger partial charge in [-0.1, -0.05) is 0 Å². The number of aliphatic hydroxyl groups excluding tert-OH is 2. The van der Waals surface area contributed by atoms with Crippen LogP contribution in [0.5, 0.6) is 11.5 Å². The lowest BCUT2D eigenvalue weighted by atomic mass is 9.86. The molecule has 0 spiro atoms. The lowest BCUT2D eigenvalue weighted by Crippen LogP contribution is -2.51. The Bertz CT molecular complexity index is 630. The van der Waals surface area contributed by atoms with Crippen molar-refractivity contribution in [2.24, 2.45) is 0 Å². The van der Waals surface area contributed by atoms with E-state index in [1.54, 1.807) is 14.2 Å². The summed E-state index contributed by atoms with van der Waals surface area (Å²) in [6.45, 7) is 0. The molecule has 1 saturated carbocycles. The second kappa shape index (κ2) is 8.29. The van der Waals surface area contributed by atoms with Crippen LogP contribution in [0.1, 0.15) is 12.8 Å². The van der Waals surface area contributed by atoms with E-state index in [2.05, 4.69) is 10.6 Å². The van der Waals surface area contributed by atoms with Crippen molar-refractivity contribution in [3.05, 3.63) is 48.5 Å². The van der Waals surface area contributed by atoms with Crippen LogP contribution >= 0.6 is 0 Å². The van der Waals surface area contributed by atoms with Gasteiger partial charge in [0.05, 0.1) is 38.5 Å². The first-order valence-electron chi connectivity index (χ1n) is 8.76. The standard InChI is InChI=1S/C20H26N2O4/c1-25-15-7-3-13(4-8-15)21-17-11-18(20(24)12-19(17)23)22-14-5-9-16(26-2)10-6-14/h3-10,17-24H,11-12H2,1-2H3/t17-,18-,19-,20-/m1/s1. The summed E-state index contributed by atoms with van der Waals surface area (Å²) in [5.41, 5.74) is 1.82. The highest BCUT2D eigenvalue weighted by molar-refractivity contribution is 5.49. The zero-order valence-corrected chi connectivity index (χ0v) is 15.1. The molecule has 140 valence electrons. The van der Waals surface area contributed by atoms with Gasteiger partial charge in [-0.05, 0) is 55.0 Å². The number of benzene rings is 2. The number of methoxy groups -OCH3 is 2. The Labute approximate surface area is 153 Å². The maximum Gasteiger partial charge on any atom is 0.119 e. The second-order valence-electron chi connectivity index (χ2n) is 6.56. The van der Waals surface area contributed by atoms with Gasteiger partial charge in [0.25, 0.3) is 0 Å². The third kappa shape index (κ3) is 4.39. The highest BCUT2D eigenvalue weighted by Crippen LogP contribution is 2.27. The Morgan fingerprint density at radius 3 is 1.42 bits per heavy atom. The first-order valence-corrected chi connectivity index (χ1v) is 8.76. The van der Waals surface area contributed by atoms with Gasteiger partial charge in [-0.25, -0.2) is 0 Å². The molecule has 4 atom stereocenters. The molecule has 0 aliphatic heterocycles. The summed E-state index contributed by atoms with van der Waals surface area (Å²) in [7, 11) is 3.26. The summed E-state index contributed by atoms with van der Waals surface area (Å²) < 4.78 is 10.3. The highest BCUT2D eigenvalue weighted by Gasteiger charge is 2.35. The van der Waals surface area contributed by atoms with Crippen LogP contribution in [-0.4, -0.2) is 48.7 Å². The maximum atomic E-state index is 10.4. The van der Waals surface area contributed by atoms with Crippen LogP contribution in [0.3, 0.4) is 0 Å². The topological polar surface area (TPSA) is 83.0 Å². The average molecular weight is 358 g/mol. The van der Waals surface area contributed by atoms with E-state index in [0.29, 0.717) is 12.8 Å². The van der Waals surface area contributed by atoms with Crippen LogP contribution < -0.4 is 20.1 Å². The fourth-order valence-electron chi connectivity index (χ4n) is 3.28. The first-order chi connectivity index (χ1) is 12.6. The number of ether oxygens (including phenoxy) is 2. The van der Waals surface area contributed by atoms with E-state index in [9.17, 15) is 10.2 Å². The van der Waals surface area contributed by atoms with Gasteiger partial charge in [0.15, 0.2) is 0 Å². The van der Waals surface area contributed by atoms with Crippen molar-refractivity contribution in [2.75, 3.05) is 24.9 Å². The number of anilines is 2. The zero-order chi connectivity index (χ0) is 18.5. The minimum absolute atomic E-state index is 0.150. The van der Waals surface area contributed by atoms with Gasteiger partial charge in [0.1, 0.15) is 11.5 Å². The summed E-state index contributed by atoms with van der Waals surface area (Å²) >= 11 is 0. The summed E-state index contributed by atoms with van der Waals surface area (Å²) in [4.78, 5) is 0. The molecule has 0 bridgehead atoms. The molecule has 2 aromatic rings. The molecule has 0 radical (unpaired) electrons. The number of hydrogen-bond donors (Lipinski definition) is 4. The molecule has 1 aliphatic carbocycles. The van der Waals surface area contributed by atoms with Crippen LogP contribution in [-0.2, 0) is 0 Å². The predicted molar refractivity (Wildman–Crippen MR) is 102 cm³/mol. The van der Waals surface area contributed by atoms with Gasteiger partial charge in [-0.2, -0.15) is 0 Å². The summed E-state index contributed by atoms with van der Waals surface area (Å²) in [6, 6.07) is 14.9. The molecule has 26 heavy (non-hydrogen) atoms. The third-order valence-corrected chi connectivity index (χ3v) is 4.80. The molecular formula is C20H26N2O4. The van der Waals surface area contributed by atoms with Crippen molar-refractivity contribution in [3.8, 4) is 11.5 Å². The number of rotatable bonds is 6. The van der Waals surface area contributed by atoms with E-state index in [0.717, 1.165) is 22.9 Å². The quantitative estimate of drug-likeness (QED) is 0.635. The summed E-state index contributed by atoms with van der Waals surface area (Å²) in [6.07, 6.45) is -0.302. The van der Waals surface area contributed by atoms with E-state index < -0.39 is 12.2 Å². The lowest BCUT2D eigenvalue weighted by molar-refractivity contribution is 0.0242. The lowest BCUT2D eigenvalue weighted by Gasteiger charge is -2.38. The molecule has 0 amide bonds. The largest absolute Gasteiger partial charge is 0.497 e. The predicted octanol–water partition coefficient (Wildman–Crippen LogP) is 2.48. The van der Waals surface area contributed by atoms with Crippen molar-refractivity contribution < 1.29 is 19.7 Å². The molecule has 1 aliphatic rings. The summed E-state index contributed by atoms with van der Waals surface area (Å²) in [5, 5.41) is 27.4. The Balaban J connectivity index is 1.65. The van der Waals surface area contributed by atoms with E-state index in [1.165, 1.54) is 0 Å². The van der Waals surface area contributed by atoms with Crippen molar-refractivity contribution in [2.45, 2.75) is 37.1 Å². The third-order valence-electron chi connectivity index (χ3n) is 4.80. The number of nitrogens with one attached hydrogen (secondary N) is 2. The van der Waals surface area contributed by atoms with Gasteiger partial charge in [0.2, 0.25) is 0 Å². The molecular weight excluding hydrogens is 332 g/mol. The fourth-order valence-corrected chi connectivity index (χ4v) is 3.28. The van der Waals surface area contributed by atoms with Crippen molar-refractivity contribution in [3.63, 3.8) is 0 Å². The van der Waals surface area contributed by atoms with Gasteiger partial charge in [-0.15, -0.1) is 0 Å². The van der Waals surface area contributed by atoms with Crippen molar-refractivity contribution >= 4 is 11.4 Å². The van der Waals surface area contributed by atoms with Crippen LogP contribution in [0.15, 0.2) is 48.5 Å². The SMILES string of the molecule is COc1ccc(N[C@@H]2C[C@@H](Nc3ccc(OC)cc3)[C@H](O)C[C@H]2O)cc1. The normalized spacial score (nSPS) is 25.4. The Kier molecular flexibility index (Phi) is 5.85. The number of hydrogen-bond acceptors (Lipinski definition) is 6. The Morgan fingerprint density at radius 1 is 0.692 bits per heavy atom. The molecule has 6 nitrogen and oxygen atoms in total.